The minimum atomic E-state index is -0.273. The Morgan fingerprint density at radius 1 is 1.36 bits per heavy atom. The second kappa shape index (κ2) is 5.84. The zero-order chi connectivity index (χ0) is 15.7. The third kappa shape index (κ3) is 2.85. The molecule has 2 N–H and O–H groups in total. The number of halogens is 1. The van der Waals surface area contributed by atoms with E-state index in [1.807, 2.05) is 0 Å². The van der Waals surface area contributed by atoms with Crippen molar-refractivity contribution >= 4 is 5.91 Å². The Bertz CT molecular complexity index is 691. The molecule has 0 radical (unpaired) electrons. The Kier molecular flexibility index (Phi) is 3.89. The highest BCUT2D eigenvalue weighted by Gasteiger charge is 2.23. The average molecular weight is 303 g/mol. The van der Waals surface area contributed by atoms with E-state index in [4.69, 9.17) is 5.73 Å². The van der Waals surface area contributed by atoms with Crippen LogP contribution < -0.4 is 5.73 Å². The highest BCUT2D eigenvalue weighted by Crippen LogP contribution is 2.15. The molecular formula is C15H18FN5O. The predicted octanol–water partition coefficient (Wildman–Crippen LogP) is 1.28. The normalized spacial score (nSPS) is 16.0. The van der Waals surface area contributed by atoms with E-state index >= 15 is 0 Å². The van der Waals surface area contributed by atoms with Crippen LogP contribution in [0.25, 0.3) is 5.69 Å². The van der Waals surface area contributed by atoms with Crippen LogP contribution >= 0.6 is 0 Å². The summed E-state index contributed by atoms with van der Waals surface area (Å²) in [6, 6.07) is 4.81. The van der Waals surface area contributed by atoms with Crippen LogP contribution in [0, 0.1) is 12.7 Å². The maximum absolute atomic E-state index is 13.3. The molecule has 6 nitrogen and oxygen atoms in total. The molecule has 1 aliphatic rings. The van der Waals surface area contributed by atoms with Crippen LogP contribution in [0.2, 0.25) is 0 Å². The molecule has 1 amide bonds. The number of nitrogens with two attached hydrogens (primary N) is 1. The number of piperidine rings is 1. The smallest absolute Gasteiger partial charge is 0.276 e. The molecule has 0 atom stereocenters. The monoisotopic (exact) mass is 303 g/mol. The van der Waals surface area contributed by atoms with Gasteiger partial charge in [0.05, 0.1) is 11.9 Å². The van der Waals surface area contributed by atoms with Crippen molar-refractivity contribution in [2.24, 2.45) is 5.73 Å². The van der Waals surface area contributed by atoms with E-state index < -0.39 is 0 Å². The van der Waals surface area contributed by atoms with E-state index in [0.29, 0.717) is 24.3 Å². The molecule has 1 aromatic heterocycles. The van der Waals surface area contributed by atoms with Crippen LogP contribution in [0.4, 0.5) is 4.39 Å². The summed E-state index contributed by atoms with van der Waals surface area (Å²) in [4.78, 5) is 14.1. The number of rotatable bonds is 2. The van der Waals surface area contributed by atoms with Crippen LogP contribution in [0.1, 0.15) is 28.9 Å². The van der Waals surface area contributed by atoms with Crippen molar-refractivity contribution in [3.8, 4) is 5.69 Å². The zero-order valence-corrected chi connectivity index (χ0v) is 12.4. The van der Waals surface area contributed by atoms with Gasteiger partial charge in [-0.2, -0.15) is 0 Å². The predicted molar refractivity (Wildman–Crippen MR) is 79.2 cm³/mol. The Labute approximate surface area is 127 Å². The number of hydrogen-bond acceptors (Lipinski definition) is 4. The van der Waals surface area contributed by atoms with Crippen molar-refractivity contribution in [3.63, 3.8) is 0 Å². The third-order valence-corrected chi connectivity index (χ3v) is 3.95. The molecule has 0 spiro atoms. The summed E-state index contributed by atoms with van der Waals surface area (Å²) in [5, 5.41) is 7.90. The number of aryl methyl sites for hydroxylation is 1. The SMILES string of the molecule is Cc1cc(-n2cc(C(=O)N3CCC(N)CC3)nn2)ccc1F. The van der Waals surface area contributed by atoms with Gasteiger partial charge in [0.25, 0.3) is 5.91 Å². The lowest BCUT2D eigenvalue weighted by molar-refractivity contribution is 0.0708. The molecule has 3 rings (SSSR count). The van der Waals surface area contributed by atoms with E-state index in [2.05, 4.69) is 10.3 Å². The van der Waals surface area contributed by atoms with E-state index in [0.717, 1.165) is 12.8 Å². The van der Waals surface area contributed by atoms with Gasteiger partial charge in [-0.15, -0.1) is 5.10 Å². The number of amides is 1. The number of nitrogens with zero attached hydrogens (tertiary/aromatic N) is 4. The van der Waals surface area contributed by atoms with Crippen molar-refractivity contribution in [3.05, 3.63) is 41.5 Å². The van der Waals surface area contributed by atoms with Gasteiger partial charge in [0.15, 0.2) is 5.69 Å². The molecule has 1 fully saturated rings. The Balaban J connectivity index is 1.78. The maximum Gasteiger partial charge on any atom is 0.276 e. The van der Waals surface area contributed by atoms with Gasteiger partial charge in [-0.25, -0.2) is 9.07 Å². The van der Waals surface area contributed by atoms with Crippen molar-refractivity contribution in [1.82, 2.24) is 19.9 Å². The second-order valence-electron chi connectivity index (χ2n) is 5.61. The minimum Gasteiger partial charge on any atom is -0.337 e. The van der Waals surface area contributed by atoms with Crippen LogP contribution in [0.5, 0.6) is 0 Å². The molecule has 0 saturated carbocycles. The van der Waals surface area contributed by atoms with Crippen LogP contribution in [-0.2, 0) is 0 Å². The Hall–Kier alpha value is -2.28. The summed E-state index contributed by atoms with van der Waals surface area (Å²) in [6.45, 7) is 2.96. The molecular weight excluding hydrogens is 285 g/mol. The molecule has 0 unspecified atom stereocenters. The third-order valence-electron chi connectivity index (χ3n) is 3.95. The summed E-state index contributed by atoms with van der Waals surface area (Å²) in [7, 11) is 0. The van der Waals surface area contributed by atoms with Gasteiger partial charge in [-0.05, 0) is 43.5 Å². The molecule has 1 aliphatic heterocycles. The van der Waals surface area contributed by atoms with Gasteiger partial charge in [0.1, 0.15) is 5.82 Å². The van der Waals surface area contributed by atoms with Crippen LogP contribution in [0.3, 0.4) is 0 Å². The molecule has 0 bridgehead atoms. The highest BCUT2D eigenvalue weighted by molar-refractivity contribution is 5.92. The van der Waals surface area contributed by atoms with Gasteiger partial charge in [0.2, 0.25) is 0 Å². The summed E-state index contributed by atoms with van der Waals surface area (Å²) in [5.41, 5.74) is 7.32. The van der Waals surface area contributed by atoms with Crippen LogP contribution in [0.15, 0.2) is 24.4 Å². The minimum absolute atomic E-state index is 0.142. The first-order valence-corrected chi connectivity index (χ1v) is 7.28. The van der Waals surface area contributed by atoms with Gasteiger partial charge < -0.3 is 10.6 Å². The summed E-state index contributed by atoms with van der Waals surface area (Å²) in [5.74, 6) is -0.415. The first kappa shape index (κ1) is 14.6. The number of benzene rings is 1. The van der Waals surface area contributed by atoms with Crippen molar-refractivity contribution < 1.29 is 9.18 Å². The Morgan fingerprint density at radius 2 is 2.09 bits per heavy atom. The highest BCUT2D eigenvalue weighted by atomic mass is 19.1. The molecule has 2 aromatic rings. The molecule has 1 aromatic carbocycles. The topological polar surface area (TPSA) is 77.0 Å². The standard InChI is InChI=1S/C15H18FN5O/c1-10-8-12(2-3-13(10)16)21-9-14(18-19-21)15(22)20-6-4-11(17)5-7-20/h2-3,8-9,11H,4-7,17H2,1H3. The fourth-order valence-corrected chi connectivity index (χ4v) is 2.52. The van der Waals surface area contributed by atoms with E-state index in [-0.39, 0.29) is 23.5 Å². The molecule has 2 heterocycles. The first-order valence-electron chi connectivity index (χ1n) is 7.28. The zero-order valence-electron chi connectivity index (χ0n) is 12.4. The number of aromatic nitrogens is 3. The maximum atomic E-state index is 13.3. The fraction of sp³-hybridized carbons (Fsp3) is 0.400. The second-order valence-corrected chi connectivity index (χ2v) is 5.61. The number of hydrogen-bond donors (Lipinski definition) is 1. The molecule has 116 valence electrons. The quantitative estimate of drug-likeness (QED) is 0.906. The van der Waals surface area contributed by atoms with Gasteiger partial charge >= 0.3 is 0 Å². The average Bonchev–Trinajstić information content (AvgIpc) is 3.00. The van der Waals surface area contributed by atoms with E-state index in [1.165, 1.54) is 10.7 Å². The summed E-state index contributed by atoms with van der Waals surface area (Å²) in [6.07, 6.45) is 3.18. The number of carbonyl (C=O) groups is 1. The molecule has 7 heteroatoms. The van der Waals surface area contributed by atoms with Gasteiger partial charge in [0, 0.05) is 19.1 Å². The number of likely N-dealkylation sites (tertiary alicyclic amines) is 1. The molecule has 0 aliphatic carbocycles. The Morgan fingerprint density at radius 3 is 2.77 bits per heavy atom. The first-order chi connectivity index (χ1) is 10.5. The van der Waals surface area contributed by atoms with Crippen molar-refractivity contribution in [1.29, 1.82) is 0 Å². The lowest BCUT2D eigenvalue weighted by Crippen LogP contribution is -2.43. The van der Waals surface area contributed by atoms with Gasteiger partial charge in [-0.3, -0.25) is 4.79 Å². The summed E-state index contributed by atoms with van der Waals surface area (Å²) < 4.78 is 14.8. The lowest BCUT2D eigenvalue weighted by Gasteiger charge is -2.29. The van der Waals surface area contributed by atoms with Crippen molar-refractivity contribution in [2.45, 2.75) is 25.8 Å². The van der Waals surface area contributed by atoms with E-state index in [1.54, 1.807) is 30.2 Å². The molecule has 22 heavy (non-hydrogen) atoms. The van der Waals surface area contributed by atoms with Crippen LogP contribution in [-0.4, -0.2) is 44.9 Å². The number of carbonyl (C=O) groups excluding carboxylic acids is 1. The largest absolute Gasteiger partial charge is 0.337 e. The molecule has 1 saturated heterocycles. The van der Waals surface area contributed by atoms with Gasteiger partial charge in [-0.1, -0.05) is 5.21 Å². The lowest BCUT2D eigenvalue weighted by atomic mass is 10.1. The fourth-order valence-electron chi connectivity index (χ4n) is 2.52. The van der Waals surface area contributed by atoms with E-state index in [9.17, 15) is 9.18 Å². The van der Waals surface area contributed by atoms with Crippen molar-refractivity contribution in [2.75, 3.05) is 13.1 Å². The summed E-state index contributed by atoms with van der Waals surface area (Å²) >= 11 is 0.